The topological polar surface area (TPSA) is 51.7 Å². The van der Waals surface area contributed by atoms with Crippen molar-refractivity contribution in [1.82, 2.24) is 9.88 Å². The predicted octanol–water partition coefficient (Wildman–Crippen LogP) is 2.86. The molecule has 1 aliphatic heterocycles. The Kier molecular flexibility index (Phi) is 4.47. The third-order valence-corrected chi connectivity index (χ3v) is 2.98. The molecule has 0 bridgehead atoms. The van der Waals surface area contributed by atoms with E-state index in [1.807, 2.05) is 32.9 Å². The monoisotopic (exact) mass is 278 g/mol. The summed E-state index contributed by atoms with van der Waals surface area (Å²) in [6.07, 6.45) is 5.02. The number of amides is 1. The number of aromatic nitrogens is 1. The number of hydrogen-bond acceptors (Lipinski definition) is 4. The van der Waals surface area contributed by atoms with Gasteiger partial charge < -0.3 is 14.4 Å². The molecule has 0 radical (unpaired) electrons. The Bertz CT molecular complexity index is 442. The molecule has 1 saturated heterocycles. The van der Waals surface area contributed by atoms with Crippen molar-refractivity contribution in [1.29, 1.82) is 0 Å². The van der Waals surface area contributed by atoms with Gasteiger partial charge in [-0.2, -0.15) is 0 Å². The molecule has 2 heterocycles. The first-order valence-corrected chi connectivity index (χ1v) is 6.99. The molecule has 1 aromatic heterocycles. The van der Waals surface area contributed by atoms with Gasteiger partial charge in [0.25, 0.3) is 0 Å². The maximum Gasteiger partial charge on any atom is 0.410 e. The molecule has 0 unspecified atom stereocenters. The highest BCUT2D eigenvalue weighted by Crippen LogP contribution is 2.19. The van der Waals surface area contributed by atoms with Crippen molar-refractivity contribution in [3.63, 3.8) is 0 Å². The number of hydrogen-bond donors (Lipinski definition) is 0. The van der Waals surface area contributed by atoms with Crippen molar-refractivity contribution in [3.05, 3.63) is 24.5 Å². The molecule has 20 heavy (non-hydrogen) atoms. The molecule has 110 valence electrons. The number of rotatable bonds is 2. The van der Waals surface area contributed by atoms with Crippen LogP contribution in [0.1, 0.15) is 33.6 Å². The van der Waals surface area contributed by atoms with Crippen molar-refractivity contribution in [2.75, 3.05) is 13.1 Å². The van der Waals surface area contributed by atoms with Crippen LogP contribution in [0.4, 0.5) is 4.79 Å². The van der Waals surface area contributed by atoms with Crippen molar-refractivity contribution >= 4 is 6.09 Å². The molecule has 0 N–H and O–H groups in total. The molecule has 0 aromatic carbocycles. The second kappa shape index (κ2) is 6.11. The van der Waals surface area contributed by atoms with E-state index in [1.165, 1.54) is 0 Å². The van der Waals surface area contributed by atoms with Crippen molar-refractivity contribution in [3.8, 4) is 5.75 Å². The van der Waals surface area contributed by atoms with Crippen LogP contribution in [-0.4, -0.2) is 40.8 Å². The number of pyridine rings is 1. The Morgan fingerprint density at radius 1 is 1.35 bits per heavy atom. The van der Waals surface area contributed by atoms with Gasteiger partial charge in [0.15, 0.2) is 0 Å². The summed E-state index contributed by atoms with van der Waals surface area (Å²) >= 11 is 0. The molecule has 2 rings (SSSR count). The number of nitrogens with zero attached hydrogens (tertiary/aromatic N) is 2. The average molecular weight is 278 g/mol. The zero-order valence-corrected chi connectivity index (χ0v) is 12.3. The van der Waals surface area contributed by atoms with E-state index in [0.717, 1.165) is 25.1 Å². The number of ether oxygens (including phenoxy) is 2. The Morgan fingerprint density at radius 3 is 2.70 bits per heavy atom. The summed E-state index contributed by atoms with van der Waals surface area (Å²) in [7, 11) is 0. The summed E-state index contributed by atoms with van der Waals surface area (Å²) < 4.78 is 11.3. The molecule has 1 amide bonds. The Hall–Kier alpha value is -1.78. The van der Waals surface area contributed by atoms with E-state index in [2.05, 4.69) is 4.98 Å². The molecule has 1 aliphatic rings. The maximum atomic E-state index is 12.0. The second-order valence-corrected chi connectivity index (χ2v) is 5.99. The highest BCUT2D eigenvalue weighted by atomic mass is 16.6. The summed E-state index contributed by atoms with van der Waals surface area (Å²) in [6.45, 7) is 6.92. The molecule has 5 nitrogen and oxygen atoms in total. The van der Waals surface area contributed by atoms with Crippen LogP contribution in [0.25, 0.3) is 0 Å². The minimum atomic E-state index is -0.462. The van der Waals surface area contributed by atoms with Crippen LogP contribution >= 0.6 is 0 Å². The zero-order chi connectivity index (χ0) is 14.6. The molecule has 1 atom stereocenters. The summed E-state index contributed by atoms with van der Waals surface area (Å²) in [5, 5.41) is 0. The lowest BCUT2D eigenvalue weighted by molar-refractivity contribution is 0.00775. The van der Waals surface area contributed by atoms with E-state index in [0.29, 0.717) is 6.54 Å². The van der Waals surface area contributed by atoms with Gasteiger partial charge in [-0.3, -0.25) is 4.98 Å². The first-order chi connectivity index (χ1) is 9.44. The second-order valence-electron chi connectivity index (χ2n) is 5.99. The Morgan fingerprint density at radius 2 is 2.05 bits per heavy atom. The quantitative estimate of drug-likeness (QED) is 0.834. The fraction of sp³-hybridized carbons (Fsp3) is 0.600. The predicted molar refractivity (Wildman–Crippen MR) is 75.7 cm³/mol. The third kappa shape index (κ3) is 4.40. The van der Waals surface area contributed by atoms with Crippen molar-refractivity contribution in [2.45, 2.75) is 45.3 Å². The van der Waals surface area contributed by atoms with E-state index < -0.39 is 5.60 Å². The van der Waals surface area contributed by atoms with Crippen LogP contribution in [0, 0.1) is 0 Å². The summed E-state index contributed by atoms with van der Waals surface area (Å²) in [5.74, 6) is 0.788. The normalized spacial score (nSPS) is 19.6. The molecule has 1 fully saturated rings. The SMILES string of the molecule is CC(C)(C)OC(=O)N1CCC[C@H](Oc2ccncc2)C1. The standard InChI is InChI=1S/C15H22N2O3/c1-15(2,3)20-14(18)17-10-4-5-13(11-17)19-12-6-8-16-9-7-12/h6-9,13H,4-5,10-11H2,1-3H3/t13-/m0/s1. The van der Waals surface area contributed by atoms with Crippen molar-refractivity contribution in [2.24, 2.45) is 0 Å². The molecule has 0 aliphatic carbocycles. The average Bonchev–Trinajstić information content (AvgIpc) is 2.38. The first kappa shape index (κ1) is 14.6. The molecule has 5 heteroatoms. The lowest BCUT2D eigenvalue weighted by atomic mass is 10.1. The molecule has 0 saturated carbocycles. The number of piperidine rings is 1. The van der Waals surface area contributed by atoms with Crippen LogP contribution in [-0.2, 0) is 4.74 Å². The number of carbonyl (C=O) groups is 1. The van der Waals surface area contributed by atoms with Crippen LogP contribution in [0.15, 0.2) is 24.5 Å². The minimum Gasteiger partial charge on any atom is -0.488 e. The Labute approximate surface area is 119 Å². The zero-order valence-electron chi connectivity index (χ0n) is 12.3. The highest BCUT2D eigenvalue weighted by Gasteiger charge is 2.28. The highest BCUT2D eigenvalue weighted by molar-refractivity contribution is 5.68. The van der Waals surface area contributed by atoms with Gasteiger partial charge >= 0.3 is 6.09 Å². The lowest BCUT2D eigenvalue weighted by Gasteiger charge is -2.34. The molecule has 1 aromatic rings. The van der Waals surface area contributed by atoms with E-state index in [9.17, 15) is 4.79 Å². The van der Waals surface area contributed by atoms with E-state index >= 15 is 0 Å². The van der Waals surface area contributed by atoms with Crippen LogP contribution < -0.4 is 4.74 Å². The minimum absolute atomic E-state index is 0.0127. The lowest BCUT2D eigenvalue weighted by Crippen LogP contribution is -2.46. The van der Waals surface area contributed by atoms with Gasteiger partial charge in [-0.1, -0.05) is 0 Å². The van der Waals surface area contributed by atoms with E-state index in [4.69, 9.17) is 9.47 Å². The van der Waals surface area contributed by atoms with Gasteiger partial charge in [0, 0.05) is 18.9 Å². The molecular formula is C15H22N2O3. The van der Waals surface area contributed by atoms with Gasteiger partial charge in [0.1, 0.15) is 17.5 Å². The largest absolute Gasteiger partial charge is 0.488 e. The van der Waals surface area contributed by atoms with E-state index in [1.54, 1.807) is 17.3 Å². The maximum absolute atomic E-state index is 12.0. The van der Waals surface area contributed by atoms with Gasteiger partial charge in [-0.25, -0.2) is 4.79 Å². The van der Waals surface area contributed by atoms with Gasteiger partial charge in [0.05, 0.1) is 6.54 Å². The molecular weight excluding hydrogens is 256 g/mol. The fourth-order valence-electron chi connectivity index (χ4n) is 2.14. The van der Waals surface area contributed by atoms with Crippen LogP contribution in [0.5, 0.6) is 5.75 Å². The fourth-order valence-corrected chi connectivity index (χ4v) is 2.14. The van der Waals surface area contributed by atoms with E-state index in [-0.39, 0.29) is 12.2 Å². The van der Waals surface area contributed by atoms with Crippen molar-refractivity contribution < 1.29 is 14.3 Å². The smallest absolute Gasteiger partial charge is 0.410 e. The third-order valence-electron chi connectivity index (χ3n) is 2.98. The number of carbonyl (C=O) groups excluding carboxylic acids is 1. The summed E-state index contributed by atoms with van der Waals surface area (Å²) in [6, 6.07) is 3.65. The van der Waals surface area contributed by atoms with Crippen LogP contribution in [0.3, 0.4) is 0 Å². The Balaban J connectivity index is 1.90. The van der Waals surface area contributed by atoms with Gasteiger partial charge in [0.2, 0.25) is 0 Å². The van der Waals surface area contributed by atoms with Gasteiger partial charge in [-0.15, -0.1) is 0 Å². The number of likely N-dealkylation sites (tertiary alicyclic amines) is 1. The first-order valence-electron chi connectivity index (χ1n) is 6.99. The summed E-state index contributed by atoms with van der Waals surface area (Å²) in [5.41, 5.74) is -0.462. The van der Waals surface area contributed by atoms with Crippen LogP contribution in [0.2, 0.25) is 0 Å². The summed E-state index contributed by atoms with van der Waals surface area (Å²) in [4.78, 5) is 17.7. The van der Waals surface area contributed by atoms with Gasteiger partial charge in [-0.05, 0) is 45.7 Å². The molecule has 0 spiro atoms.